The quantitative estimate of drug-likeness (QED) is 0.766. The van der Waals surface area contributed by atoms with E-state index < -0.39 is 5.41 Å². The van der Waals surface area contributed by atoms with Crippen molar-refractivity contribution in [1.29, 1.82) is 5.26 Å². The molecule has 0 unspecified atom stereocenters. The van der Waals surface area contributed by atoms with Crippen molar-refractivity contribution in [3.63, 3.8) is 0 Å². The molecule has 2 aromatic carbocycles. The summed E-state index contributed by atoms with van der Waals surface area (Å²) in [7, 11) is 0. The summed E-state index contributed by atoms with van der Waals surface area (Å²) < 4.78 is 0. The number of aryl methyl sites for hydroxylation is 1. The Morgan fingerprint density at radius 2 is 1.93 bits per heavy atom. The number of carbonyl (C=O) groups excluding carboxylic acids is 1. The van der Waals surface area contributed by atoms with Crippen LogP contribution in [0.25, 0.3) is 0 Å². The van der Waals surface area contributed by atoms with Gasteiger partial charge in [-0.1, -0.05) is 54.1 Å². The Labute approximate surface area is 170 Å². The average Bonchev–Trinajstić information content (AvgIpc) is 3.03. The summed E-state index contributed by atoms with van der Waals surface area (Å²) in [6, 6.07) is 18.5. The molecule has 4 nitrogen and oxygen atoms in total. The minimum Gasteiger partial charge on any atom is -0.400 e. The van der Waals surface area contributed by atoms with Gasteiger partial charge in [-0.05, 0) is 54.9 Å². The minimum absolute atomic E-state index is 0.0883. The topological polar surface area (TPSA) is 78.9 Å². The van der Waals surface area contributed by atoms with Gasteiger partial charge in [0, 0.05) is 17.3 Å². The van der Waals surface area contributed by atoms with Crippen LogP contribution in [0.2, 0.25) is 0 Å². The lowest BCUT2D eigenvalue weighted by Gasteiger charge is -2.47. The monoisotopic (exact) mass is 381 g/mol. The van der Waals surface area contributed by atoms with Crippen LogP contribution in [-0.2, 0) is 10.2 Å². The molecule has 0 saturated carbocycles. The third kappa shape index (κ3) is 2.28. The number of hydrogen-bond acceptors (Lipinski definition) is 3. The van der Waals surface area contributed by atoms with Crippen LogP contribution in [-0.4, -0.2) is 5.91 Å². The molecule has 4 heteroatoms. The van der Waals surface area contributed by atoms with E-state index in [1.807, 2.05) is 24.3 Å². The number of allylic oxidation sites excluding steroid dienone is 3. The predicted octanol–water partition coefficient (Wildman–Crippen LogP) is 4.45. The second kappa shape index (κ2) is 6.35. The molecule has 0 fully saturated rings. The summed E-state index contributed by atoms with van der Waals surface area (Å²) in [4.78, 5) is 13.7. The predicted molar refractivity (Wildman–Crippen MR) is 113 cm³/mol. The minimum atomic E-state index is -1.06. The number of rotatable bonds is 1. The van der Waals surface area contributed by atoms with Crippen LogP contribution in [0.5, 0.6) is 0 Å². The first kappa shape index (κ1) is 17.8. The van der Waals surface area contributed by atoms with Gasteiger partial charge in [0.2, 0.25) is 5.91 Å². The van der Waals surface area contributed by atoms with E-state index in [0.29, 0.717) is 11.3 Å². The first-order valence-electron chi connectivity index (χ1n) is 10.2. The molecule has 0 radical (unpaired) electrons. The second-order valence-electron chi connectivity index (χ2n) is 8.29. The molecule has 1 spiro atoms. The van der Waals surface area contributed by atoms with Crippen LogP contribution in [0.4, 0.5) is 5.69 Å². The number of benzene rings is 2. The third-order valence-corrected chi connectivity index (χ3v) is 6.84. The summed E-state index contributed by atoms with van der Waals surface area (Å²) in [5, 5.41) is 13.1. The summed E-state index contributed by atoms with van der Waals surface area (Å²) in [6.45, 7) is 2.06. The van der Waals surface area contributed by atoms with Crippen molar-refractivity contribution >= 4 is 11.6 Å². The molecule has 2 aromatic rings. The van der Waals surface area contributed by atoms with Gasteiger partial charge in [0.1, 0.15) is 11.5 Å². The van der Waals surface area contributed by atoms with E-state index in [9.17, 15) is 10.1 Å². The van der Waals surface area contributed by atoms with Crippen LogP contribution in [0.3, 0.4) is 0 Å². The van der Waals surface area contributed by atoms with Gasteiger partial charge in [-0.2, -0.15) is 5.26 Å². The lowest BCUT2D eigenvalue weighted by Crippen LogP contribution is -2.51. The molecule has 2 aliphatic carbocycles. The highest BCUT2D eigenvalue weighted by atomic mass is 16.2. The molecule has 1 amide bonds. The van der Waals surface area contributed by atoms with Gasteiger partial charge in [0.15, 0.2) is 0 Å². The number of para-hydroxylation sites is 1. The van der Waals surface area contributed by atoms with Gasteiger partial charge in [0.05, 0.1) is 5.57 Å². The number of fused-ring (bicyclic) bond motifs is 3. The Bertz CT molecular complexity index is 1120. The Morgan fingerprint density at radius 3 is 2.69 bits per heavy atom. The van der Waals surface area contributed by atoms with Crippen LogP contribution in [0.15, 0.2) is 71.5 Å². The van der Waals surface area contributed by atoms with Gasteiger partial charge < -0.3 is 11.1 Å². The Hall–Kier alpha value is -3.32. The number of nitrogens with one attached hydrogen (secondary N) is 1. The van der Waals surface area contributed by atoms with Gasteiger partial charge >= 0.3 is 0 Å². The van der Waals surface area contributed by atoms with Crippen molar-refractivity contribution in [3.8, 4) is 6.07 Å². The van der Waals surface area contributed by atoms with Gasteiger partial charge in [-0.3, -0.25) is 4.79 Å². The molecule has 5 rings (SSSR count). The highest BCUT2D eigenvalue weighted by molar-refractivity contribution is 6.10. The summed E-state index contributed by atoms with van der Waals surface area (Å²) in [5.41, 5.74) is 11.5. The fourth-order valence-corrected chi connectivity index (χ4v) is 5.59. The molecule has 1 heterocycles. The molecule has 0 aromatic heterocycles. The van der Waals surface area contributed by atoms with E-state index in [1.165, 1.54) is 5.56 Å². The van der Waals surface area contributed by atoms with E-state index in [1.54, 1.807) is 0 Å². The molecule has 0 bridgehead atoms. The number of amides is 1. The lowest BCUT2D eigenvalue weighted by molar-refractivity contribution is -0.121. The number of anilines is 1. The Kier molecular flexibility index (Phi) is 3.89. The van der Waals surface area contributed by atoms with Crippen LogP contribution < -0.4 is 11.1 Å². The number of carbonyl (C=O) groups is 1. The maximum atomic E-state index is 13.7. The first-order valence-corrected chi connectivity index (χ1v) is 10.2. The molecule has 29 heavy (non-hydrogen) atoms. The van der Waals surface area contributed by atoms with Crippen LogP contribution >= 0.6 is 0 Å². The molecule has 3 aliphatic rings. The maximum Gasteiger partial charge on any atom is 0.241 e. The zero-order valence-electron chi connectivity index (χ0n) is 16.4. The standard InChI is InChI=1S/C25H23N3O/c1-15-10-12-16(13-11-15)22-18-7-3-2-6-17(18)19(14-26)23(27)25(22)20-8-4-5-9-21(20)28-24(25)29/h4-6,8-13,18,22H,2-3,7,27H2,1H3,(H,28,29)/t18-,22+,25-/m1/s1. The molecule has 144 valence electrons. The fourth-order valence-electron chi connectivity index (χ4n) is 5.59. The number of nitriles is 1. The van der Waals surface area contributed by atoms with Crippen molar-refractivity contribution in [2.45, 2.75) is 37.5 Å². The van der Waals surface area contributed by atoms with E-state index >= 15 is 0 Å². The molecule has 3 N–H and O–H groups in total. The van der Waals surface area contributed by atoms with E-state index in [-0.39, 0.29) is 17.7 Å². The second-order valence-corrected chi connectivity index (χ2v) is 8.29. The number of hydrogen-bond donors (Lipinski definition) is 2. The van der Waals surface area contributed by atoms with E-state index in [0.717, 1.165) is 41.6 Å². The SMILES string of the molecule is Cc1ccc([C@H]2[C@@H]3CCCC=C3C(C#N)=C(N)[C@]23C(=O)Nc2ccccc23)cc1. The van der Waals surface area contributed by atoms with Crippen molar-refractivity contribution in [2.24, 2.45) is 11.7 Å². The van der Waals surface area contributed by atoms with Crippen LogP contribution in [0, 0.1) is 24.2 Å². The summed E-state index contributed by atoms with van der Waals surface area (Å²) in [6.07, 6.45) is 5.10. The highest BCUT2D eigenvalue weighted by Crippen LogP contribution is 2.60. The van der Waals surface area contributed by atoms with Crippen molar-refractivity contribution in [1.82, 2.24) is 0 Å². The zero-order valence-corrected chi connectivity index (χ0v) is 16.4. The average molecular weight is 381 g/mol. The van der Waals surface area contributed by atoms with Crippen molar-refractivity contribution < 1.29 is 4.79 Å². The first-order chi connectivity index (χ1) is 14.1. The Balaban J connectivity index is 1.88. The summed E-state index contributed by atoms with van der Waals surface area (Å²) >= 11 is 0. The van der Waals surface area contributed by atoms with Gasteiger partial charge in [-0.15, -0.1) is 0 Å². The van der Waals surface area contributed by atoms with E-state index in [4.69, 9.17) is 5.73 Å². The Morgan fingerprint density at radius 1 is 1.17 bits per heavy atom. The molecular formula is C25H23N3O. The normalized spacial score (nSPS) is 27.7. The summed E-state index contributed by atoms with van der Waals surface area (Å²) in [5.74, 6) is -0.181. The van der Waals surface area contributed by atoms with Gasteiger partial charge in [-0.25, -0.2) is 0 Å². The number of nitrogens with two attached hydrogens (primary N) is 1. The largest absolute Gasteiger partial charge is 0.400 e. The fraction of sp³-hybridized carbons (Fsp3) is 0.280. The van der Waals surface area contributed by atoms with E-state index in [2.05, 4.69) is 48.7 Å². The molecule has 0 saturated heterocycles. The molecule has 1 aliphatic heterocycles. The molecule has 3 atom stereocenters. The highest BCUT2D eigenvalue weighted by Gasteiger charge is 2.60. The maximum absolute atomic E-state index is 13.7. The molecular weight excluding hydrogens is 358 g/mol. The van der Waals surface area contributed by atoms with Crippen molar-refractivity contribution in [2.75, 3.05) is 5.32 Å². The smallest absolute Gasteiger partial charge is 0.241 e. The zero-order chi connectivity index (χ0) is 20.2. The lowest BCUT2D eigenvalue weighted by atomic mass is 9.54. The van der Waals surface area contributed by atoms with Gasteiger partial charge in [0.25, 0.3) is 0 Å². The van der Waals surface area contributed by atoms with Crippen molar-refractivity contribution in [3.05, 3.63) is 88.1 Å². The number of nitrogens with zero attached hydrogens (tertiary/aromatic N) is 1. The third-order valence-electron chi connectivity index (χ3n) is 6.84. The van der Waals surface area contributed by atoms with Crippen LogP contribution in [0.1, 0.15) is 41.9 Å².